The van der Waals surface area contributed by atoms with Gasteiger partial charge in [-0.05, 0) is 49.1 Å². The minimum absolute atomic E-state index is 0.0790. The quantitative estimate of drug-likeness (QED) is 0.343. The van der Waals surface area contributed by atoms with E-state index in [0.29, 0.717) is 28.7 Å². The van der Waals surface area contributed by atoms with Gasteiger partial charge in [-0.2, -0.15) is 0 Å². The number of hydrogen-bond acceptors (Lipinski definition) is 6. The SMILES string of the molecule is Cc1ccc2c(c1)C(c1ccc(Cl)cc1)=N[C@@H](CC(=O)NCc1ccc(B(O)O)cc1)c1nnc(C)n1-2. The molecule has 3 aromatic carbocycles. The summed E-state index contributed by atoms with van der Waals surface area (Å²) in [7, 11) is -1.53. The summed E-state index contributed by atoms with van der Waals surface area (Å²) in [5.74, 6) is 1.12. The molecular weight excluding hydrogens is 489 g/mol. The molecule has 1 aliphatic heterocycles. The Kier molecular flexibility index (Phi) is 6.93. The summed E-state index contributed by atoms with van der Waals surface area (Å²) in [4.78, 5) is 18.1. The van der Waals surface area contributed by atoms with E-state index in [4.69, 9.17) is 16.6 Å². The van der Waals surface area contributed by atoms with Crippen LogP contribution < -0.4 is 10.8 Å². The summed E-state index contributed by atoms with van der Waals surface area (Å²) in [6.45, 7) is 4.22. The third-order valence-corrected chi connectivity index (χ3v) is 6.60. The van der Waals surface area contributed by atoms with E-state index in [1.54, 1.807) is 24.3 Å². The zero-order chi connectivity index (χ0) is 26.1. The number of nitrogens with one attached hydrogen (secondary N) is 1. The molecule has 1 amide bonds. The minimum atomic E-state index is -1.53. The summed E-state index contributed by atoms with van der Waals surface area (Å²) in [6, 6.07) is 19.8. The predicted molar refractivity (Wildman–Crippen MR) is 143 cm³/mol. The maximum atomic E-state index is 13.1. The number of aromatic nitrogens is 3. The number of halogens is 1. The van der Waals surface area contributed by atoms with Gasteiger partial charge in [0.25, 0.3) is 0 Å². The van der Waals surface area contributed by atoms with Crippen LogP contribution in [0.2, 0.25) is 5.02 Å². The van der Waals surface area contributed by atoms with Crippen LogP contribution in [0.3, 0.4) is 0 Å². The highest BCUT2D eigenvalue weighted by atomic mass is 35.5. The van der Waals surface area contributed by atoms with Crippen molar-refractivity contribution in [2.24, 2.45) is 4.99 Å². The lowest BCUT2D eigenvalue weighted by molar-refractivity contribution is -0.121. The number of carbonyl (C=O) groups excluding carboxylic acids is 1. The number of fused-ring (bicyclic) bond motifs is 3. The lowest BCUT2D eigenvalue weighted by Gasteiger charge is -2.13. The molecule has 0 unspecified atom stereocenters. The summed E-state index contributed by atoms with van der Waals surface area (Å²) in [6.07, 6.45) is 0.0790. The highest BCUT2D eigenvalue weighted by Gasteiger charge is 2.29. The summed E-state index contributed by atoms with van der Waals surface area (Å²) >= 11 is 6.15. The summed E-state index contributed by atoms with van der Waals surface area (Å²) < 4.78 is 1.97. The molecule has 0 fully saturated rings. The first kappa shape index (κ1) is 24.9. The van der Waals surface area contributed by atoms with Crippen LogP contribution >= 0.6 is 11.6 Å². The zero-order valence-electron chi connectivity index (χ0n) is 20.4. The molecule has 10 heteroatoms. The third kappa shape index (κ3) is 5.20. The maximum Gasteiger partial charge on any atom is 0.488 e. The second-order valence-corrected chi connectivity index (χ2v) is 9.49. The smallest absolute Gasteiger partial charge is 0.423 e. The fraction of sp³-hybridized carbons (Fsp3) is 0.185. The van der Waals surface area contributed by atoms with E-state index >= 15 is 0 Å². The fourth-order valence-corrected chi connectivity index (χ4v) is 4.57. The number of aliphatic imine (C=N–C) groups is 1. The van der Waals surface area contributed by atoms with E-state index in [-0.39, 0.29) is 12.3 Å². The van der Waals surface area contributed by atoms with Crippen LogP contribution in [-0.2, 0) is 11.3 Å². The van der Waals surface area contributed by atoms with Crippen molar-refractivity contribution >= 4 is 35.8 Å². The molecule has 186 valence electrons. The molecule has 0 spiro atoms. The highest BCUT2D eigenvalue weighted by Crippen LogP contribution is 2.33. The topological polar surface area (TPSA) is 113 Å². The van der Waals surface area contributed by atoms with Crippen molar-refractivity contribution in [3.05, 3.63) is 106 Å². The fourth-order valence-electron chi connectivity index (χ4n) is 4.44. The van der Waals surface area contributed by atoms with Crippen molar-refractivity contribution in [2.45, 2.75) is 32.9 Å². The molecule has 3 N–H and O–H groups in total. The van der Waals surface area contributed by atoms with E-state index in [1.165, 1.54) is 0 Å². The van der Waals surface area contributed by atoms with Gasteiger partial charge in [-0.15, -0.1) is 10.2 Å². The van der Waals surface area contributed by atoms with E-state index < -0.39 is 13.2 Å². The largest absolute Gasteiger partial charge is 0.488 e. The molecule has 0 saturated carbocycles. The second kappa shape index (κ2) is 10.3. The lowest BCUT2D eigenvalue weighted by Crippen LogP contribution is -2.30. The molecule has 4 aromatic rings. The number of hydrogen-bond donors (Lipinski definition) is 3. The Morgan fingerprint density at radius 3 is 2.46 bits per heavy atom. The standard InChI is InChI=1S/C27H25BClN5O3/c1-16-3-12-24-22(13-16)26(19-6-10-21(29)11-7-19)31-23(27-33-32-17(2)34(24)27)14-25(35)30-15-18-4-8-20(9-5-18)28(36)37/h3-13,23,36-37H,14-15H2,1-2H3,(H,30,35)/t23-/m0/s1. The molecule has 1 aliphatic rings. The van der Waals surface area contributed by atoms with Crippen molar-refractivity contribution in [1.82, 2.24) is 20.1 Å². The normalized spacial score (nSPS) is 14.3. The Morgan fingerprint density at radius 1 is 1.03 bits per heavy atom. The van der Waals surface area contributed by atoms with Crippen molar-refractivity contribution in [3.8, 4) is 5.69 Å². The number of amides is 1. The third-order valence-electron chi connectivity index (χ3n) is 6.34. The van der Waals surface area contributed by atoms with Gasteiger partial charge in [0, 0.05) is 22.7 Å². The van der Waals surface area contributed by atoms with E-state index in [1.807, 2.05) is 54.8 Å². The van der Waals surface area contributed by atoms with Gasteiger partial charge >= 0.3 is 7.12 Å². The van der Waals surface area contributed by atoms with Crippen molar-refractivity contribution in [1.29, 1.82) is 0 Å². The average molecular weight is 514 g/mol. The van der Waals surface area contributed by atoms with Crippen LogP contribution in [0.4, 0.5) is 0 Å². The number of benzene rings is 3. The zero-order valence-corrected chi connectivity index (χ0v) is 21.1. The van der Waals surface area contributed by atoms with E-state index in [9.17, 15) is 14.8 Å². The number of nitrogens with zero attached hydrogens (tertiary/aromatic N) is 4. The van der Waals surface area contributed by atoms with E-state index in [0.717, 1.165) is 33.7 Å². The number of carbonyl (C=O) groups is 1. The van der Waals surface area contributed by atoms with Crippen LogP contribution in [0.15, 0.2) is 71.7 Å². The predicted octanol–water partition coefficient (Wildman–Crippen LogP) is 2.82. The Hall–Kier alpha value is -3.79. The maximum absolute atomic E-state index is 13.1. The van der Waals surface area contributed by atoms with Crippen LogP contribution in [0.25, 0.3) is 5.69 Å². The molecule has 1 aromatic heterocycles. The molecule has 0 bridgehead atoms. The van der Waals surface area contributed by atoms with Crippen LogP contribution in [0.1, 0.15) is 46.4 Å². The van der Waals surface area contributed by atoms with Crippen LogP contribution in [0.5, 0.6) is 0 Å². The Labute approximate surface area is 219 Å². The highest BCUT2D eigenvalue weighted by molar-refractivity contribution is 6.58. The van der Waals surface area contributed by atoms with Crippen LogP contribution in [-0.4, -0.2) is 43.5 Å². The first-order chi connectivity index (χ1) is 17.8. The molecular formula is C27H25BClN5O3. The molecule has 0 aliphatic carbocycles. The Morgan fingerprint density at radius 2 is 1.76 bits per heavy atom. The Balaban J connectivity index is 1.48. The van der Waals surface area contributed by atoms with Gasteiger partial charge in [-0.1, -0.05) is 59.6 Å². The van der Waals surface area contributed by atoms with Gasteiger partial charge in [0.05, 0.1) is 17.8 Å². The number of rotatable bonds is 6. The number of aryl methyl sites for hydroxylation is 2. The van der Waals surface area contributed by atoms with Crippen molar-refractivity contribution < 1.29 is 14.8 Å². The van der Waals surface area contributed by atoms with Crippen molar-refractivity contribution in [3.63, 3.8) is 0 Å². The molecule has 2 heterocycles. The van der Waals surface area contributed by atoms with Gasteiger partial charge in [0.15, 0.2) is 5.82 Å². The Bertz CT molecular complexity index is 1480. The molecule has 37 heavy (non-hydrogen) atoms. The van der Waals surface area contributed by atoms with Crippen LogP contribution in [0, 0.1) is 13.8 Å². The van der Waals surface area contributed by atoms with Gasteiger partial charge < -0.3 is 15.4 Å². The van der Waals surface area contributed by atoms with Gasteiger partial charge in [-0.3, -0.25) is 14.4 Å². The van der Waals surface area contributed by atoms with Gasteiger partial charge in [-0.25, -0.2) is 0 Å². The average Bonchev–Trinajstić information content (AvgIpc) is 3.21. The summed E-state index contributed by atoms with van der Waals surface area (Å²) in [5, 5.41) is 30.8. The summed E-state index contributed by atoms with van der Waals surface area (Å²) in [5.41, 5.74) is 5.81. The molecule has 8 nitrogen and oxygen atoms in total. The molecule has 5 rings (SSSR count). The molecule has 0 radical (unpaired) electrons. The van der Waals surface area contributed by atoms with Gasteiger partial charge in [0.1, 0.15) is 11.9 Å². The monoisotopic (exact) mass is 513 g/mol. The lowest BCUT2D eigenvalue weighted by atomic mass is 9.80. The second-order valence-electron chi connectivity index (χ2n) is 9.06. The first-order valence-electron chi connectivity index (χ1n) is 11.9. The van der Waals surface area contributed by atoms with E-state index in [2.05, 4.69) is 21.6 Å². The molecule has 1 atom stereocenters. The van der Waals surface area contributed by atoms with Crippen molar-refractivity contribution in [2.75, 3.05) is 0 Å². The first-order valence-corrected chi connectivity index (χ1v) is 12.3. The molecule has 0 saturated heterocycles. The van der Waals surface area contributed by atoms with Gasteiger partial charge in [0.2, 0.25) is 5.91 Å². The minimum Gasteiger partial charge on any atom is -0.423 e.